The van der Waals surface area contributed by atoms with Gasteiger partial charge in [0.25, 0.3) is 0 Å². The second-order valence-electron chi connectivity index (χ2n) is 5.79. The minimum atomic E-state index is -3.34. The van der Waals surface area contributed by atoms with Crippen LogP contribution < -0.4 is 0 Å². The summed E-state index contributed by atoms with van der Waals surface area (Å²) in [5, 5.41) is 1.38. The maximum absolute atomic E-state index is 12.5. The third-order valence-electron chi connectivity index (χ3n) is 3.95. The predicted octanol–water partition coefficient (Wildman–Crippen LogP) is 4.66. The van der Waals surface area contributed by atoms with Gasteiger partial charge in [0, 0.05) is 28.9 Å². The zero-order chi connectivity index (χ0) is 19.4. The Morgan fingerprint density at radius 2 is 1.96 bits per heavy atom. The summed E-state index contributed by atoms with van der Waals surface area (Å²) in [6, 6.07) is 12.2. The number of halogens is 2. The molecule has 9 heteroatoms. The molecule has 1 aromatic heterocycles. The lowest BCUT2D eigenvalue weighted by Crippen LogP contribution is -2.10. The standard InChI is InChI=1S/C18H18BrClN2O3S2/c1-25-9-8-22-17-7-4-14(20)12-16(17)21-18(22)26-10-11-27(23,24)15-5-2-13(19)3-6-15/h2-7,12H,8-11H2,1H3. The maximum atomic E-state index is 12.5. The highest BCUT2D eigenvalue weighted by atomic mass is 79.9. The molecule has 27 heavy (non-hydrogen) atoms. The third kappa shape index (κ3) is 5.06. The number of fused-ring (bicyclic) bond motifs is 1. The molecule has 0 saturated heterocycles. The minimum Gasteiger partial charge on any atom is -0.383 e. The van der Waals surface area contributed by atoms with Gasteiger partial charge in [0.2, 0.25) is 0 Å². The molecule has 0 atom stereocenters. The SMILES string of the molecule is COCCn1c(SCCS(=O)(=O)c2ccc(Br)cc2)nc2cc(Cl)ccc21. The molecule has 1 heterocycles. The number of benzene rings is 2. The zero-order valence-corrected chi connectivity index (χ0v) is 18.5. The number of sulfone groups is 1. The molecule has 0 aliphatic heterocycles. The van der Waals surface area contributed by atoms with Crippen LogP contribution in [0.3, 0.4) is 0 Å². The van der Waals surface area contributed by atoms with Crippen LogP contribution in [0.2, 0.25) is 5.02 Å². The average Bonchev–Trinajstić information content (AvgIpc) is 2.96. The number of nitrogens with zero attached hydrogens (tertiary/aromatic N) is 2. The van der Waals surface area contributed by atoms with Gasteiger partial charge >= 0.3 is 0 Å². The molecule has 0 aliphatic rings. The van der Waals surface area contributed by atoms with Gasteiger partial charge in [-0.05, 0) is 42.5 Å². The first-order chi connectivity index (χ1) is 12.9. The molecular weight excluding hydrogens is 472 g/mol. The molecular formula is C18H18BrClN2O3S2. The molecule has 3 rings (SSSR count). The second-order valence-corrected chi connectivity index (χ2v) is 10.3. The van der Waals surface area contributed by atoms with Crippen LogP contribution >= 0.6 is 39.3 Å². The van der Waals surface area contributed by atoms with E-state index < -0.39 is 9.84 Å². The average molecular weight is 490 g/mol. The highest BCUT2D eigenvalue weighted by Crippen LogP contribution is 2.27. The number of methoxy groups -OCH3 is 1. The Balaban J connectivity index is 1.77. The molecule has 3 aromatic rings. The van der Waals surface area contributed by atoms with Crippen LogP contribution in [-0.4, -0.2) is 43.2 Å². The van der Waals surface area contributed by atoms with Gasteiger partial charge in [0.15, 0.2) is 15.0 Å². The fourth-order valence-corrected chi connectivity index (χ4v) is 5.71. The van der Waals surface area contributed by atoms with Crippen molar-refractivity contribution in [2.45, 2.75) is 16.6 Å². The van der Waals surface area contributed by atoms with Gasteiger partial charge in [-0.25, -0.2) is 13.4 Å². The molecule has 0 N–H and O–H groups in total. The maximum Gasteiger partial charge on any atom is 0.179 e. The van der Waals surface area contributed by atoms with Crippen LogP contribution in [-0.2, 0) is 21.1 Å². The van der Waals surface area contributed by atoms with E-state index in [0.717, 1.165) is 20.7 Å². The smallest absolute Gasteiger partial charge is 0.179 e. The Kier molecular flexibility index (Phi) is 6.86. The van der Waals surface area contributed by atoms with Gasteiger partial charge in [0.05, 0.1) is 28.3 Å². The quantitative estimate of drug-likeness (QED) is 0.431. The highest BCUT2D eigenvalue weighted by Gasteiger charge is 2.17. The monoisotopic (exact) mass is 488 g/mol. The van der Waals surface area contributed by atoms with Gasteiger partial charge in [-0.3, -0.25) is 0 Å². The summed E-state index contributed by atoms with van der Waals surface area (Å²) in [6.45, 7) is 1.18. The van der Waals surface area contributed by atoms with Crippen LogP contribution in [0, 0.1) is 0 Å². The van der Waals surface area contributed by atoms with Crippen LogP contribution in [0.1, 0.15) is 0 Å². The van der Waals surface area contributed by atoms with Crippen molar-refractivity contribution >= 4 is 60.2 Å². The first kappa shape index (κ1) is 20.7. The van der Waals surface area contributed by atoms with E-state index in [-0.39, 0.29) is 5.75 Å². The molecule has 0 radical (unpaired) electrons. The molecule has 0 saturated carbocycles. The van der Waals surface area contributed by atoms with Crippen LogP contribution in [0.15, 0.2) is 57.0 Å². The largest absolute Gasteiger partial charge is 0.383 e. The van der Waals surface area contributed by atoms with Crippen LogP contribution in [0.5, 0.6) is 0 Å². The van der Waals surface area contributed by atoms with Crippen molar-refractivity contribution in [2.75, 3.05) is 25.2 Å². The Morgan fingerprint density at radius 3 is 2.67 bits per heavy atom. The first-order valence-corrected chi connectivity index (χ1v) is 12.0. The van der Waals surface area contributed by atoms with E-state index in [9.17, 15) is 8.42 Å². The normalized spacial score (nSPS) is 12.0. The summed E-state index contributed by atoms with van der Waals surface area (Å²) in [4.78, 5) is 4.94. The molecule has 0 fully saturated rings. The van der Waals surface area contributed by atoms with Crippen molar-refractivity contribution in [1.82, 2.24) is 9.55 Å². The predicted molar refractivity (Wildman–Crippen MR) is 114 cm³/mol. The number of hydrogen-bond acceptors (Lipinski definition) is 5. The topological polar surface area (TPSA) is 61.2 Å². The molecule has 0 aliphatic carbocycles. The number of imidazole rings is 1. The van der Waals surface area contributed by atoms with E-state index in [1.165, 1.54) is 11.8 Å². The Hall–Kier alpha value is -1.06. The van der Waals surface area contributed by atoms with Gasteiger partial charge in [0.1, 0.15) is 0 Å². The van der Waals surface area contributed by atoms with Crippen LogP contribution in [0.4, 0.5) is 0 Å². The zero-order valence-electron chi connectivity index (χ0n) is 14.6. The summed E-state index contributed by atoms with van der Waals surface area (Å²) in [6.07, 6.45) is 0. The number of thioether (sulfide) groups is 1. The van der Waals surface area contributed by atoms with Gasteiger partial charge < -0.3 is 9.30 Å². The summed E-state index contributed by atoms with van der Waals surface area (Å²) < 4.78 is 33.1. The number of ether oxygens (including phenoxy) is 1. The Labute approximate surface area is 176 Å². The molecule has 144 valence electrons. The van der Waals surface area contributed by atoms with E-state index in [0.29, 0.717) is 28.8 Å². The third-order valence-corrected chi connectivity index (χ3v) is 7.68. The number of rotatable bonds is 8. The van der Waals surface area contributed by atoms with Crippen molar-refractivity contribution < 1.29 is 13.2 Å². The van der Waals surface area contributed by atoms with Crippen LogP contribution in [0.25, 0.3) is 11.0 Å². The lowest BCUT2D eigenvalue weighted by Gasteiger charge is -2.09. The fraction of sp³-hybridized carbons (Fsp3) is 0.278. The minimum absolute atomic E-state index is 0.0353. The molecule has 0 spiro atoms. The summed E-state index contributed by atoms with van der Waals surface area (Å²) in [7, 11) is -1.69. The molecule has 0 bridgehead atoms. The first-order valence-electron chi connectivity index (χ1n) is 8.16. The van der Waals surface area contributed by atoms with Crippen molar-refractivity contribution in [3.63, 3.8) is 0 Å². The lowest BCUT2D eigenvalue weighted by atomic mass is 10.3. The Morgan fingerprint density at radius 1 is 1.22 bits per heavy atom. The molecule has 5 nitrogen and oxygen atoms in total. The van der Waals surface area contributed by atoms with Crippen molar-refractivity contribution in [2.24, 2.45) is 0 Å². The van der Waals surface area contributed by atoms with E-state index in [1.807, 2.05) is 22.8 Å². The molecule has 0 unspecified atom stereocenters. The van der Waals surface area contributed by atoms with E-state index in [1.54, 1.807) is 31.4 Å². The van der Waals surface area contributed by atoms with E-state index >= 15 is 0 Å². The van der Waals surface area contributed by atoms with Crippen molar-refractivity contribution in [3.05, 3.63) is 52.0 Å². The van der Waals surface area contributed by atoms with Crippen molar-refractivity contribution in [1.29, 1.82) is 0 Å². The Bertz CT molecular complexity index is 1040. The molecule has 0 amide bonds. The summed E-state index contributed by atoms with van der Waals surface area (Å²) in [5.41, 5.74) is 1.74. The van der Waals surface area contributed by atoms with E-state index in [4.69, 9.17) is 16.3 Å². The lowest BCUT2D eigenvalue weighted by molar-refractivity contribution is 0.186. The molecule has 2 aromatic carbocycles. The van der Waals surface area contributed by atoms with Gasteiger partial charge in [-0.1, -0.05) is 39.3 Å². The summed E-state index contributed by atoms with van der Waals surface area (Å²) >= 11 is 10.8. The van der Waals surface area contributed by atoms with E-state index in [2.05, 4.69) is 20.9 Å². The van der Waals surface area contributed by atoms with Gasteiger partial charge in [-0.15, -0.1) is 0 Å². The van der Waals surface area contributed by atoms with Gasteiger partial charge in [-0.2, -0.15) is 0 Å². The number of aromatic nitrogens is 2. The number of hydrogen-bond donors (Lipinski definition) is 0. The van der Waals surface area contributed by atoms with Crippen molar-refractivity contribution in [3.8, 4) is 0 Å². The highest BCUT2D eigenvalue weighted by molar-refractivity contribution is 9.10. The summed E-state index contributed by atoms with van der Waals surface area (Å²) in [5.74, 6) is 0.440. The fourth-order valence-electron chi connectivity index (χ4n) is 2.59. The second kappa shape index (κ2) is 8.96.